The van der Waals surface area contributed by atoms with Crippen LogP contribution in [0.2, 0.25) is 0 Å². The van der Waals surface area contributed by atoms with E-state index >= 15 is 0 Å². The molecule has 0 bridgehead atoms. The quantitative estimate of drug-likeness (QED) is 0.734. The van der Waals surface area contributed by atoms with Crippen molar-refractivity contribution in [2.24, 2.45) is 5.73 Å². The Balaban J connectivity index is 2.00. The minimum atomic E-state index is -0.100. The van der Waals surface area contributed by atoms with Crippen molar-refractivity contribution in [2.75, 3.05) is 6.54 Å². The van der Waals surface area contributed by atoms with Gasteiger partial charge in [-0.05, 0) is 24.3 Å². The van der Waals surface area contributed by atoms with E-state index in [-0.39, 0.29) is 5.56 Å². The third kappa shape index (κ3) is 2.87. The minimum absolute atomic E-state index is 0.100. The van der Waals surface area contributed by atoms with Crippen molar-refractivity contribution in [3.63, 3.8) is 0 Å². The van der Waals surface area contributed by atoms with E-state index in [0.29, 0.717) is 13.1 Å². The van der Waals surface area contributed by atoms with Gasteiger partial charge in [-0.3, -0.25) is 4.79 Å². The second-order valence-electron chi connectivity index (χ2n) is 4.44. The fourth-order valence-electron chi connectivity index (χ4n) is 2.10. The Morgan fingerprint density at radius 1 is 1.24 bits per heavy atom. The van der Waals surface area contributed by atoms with Crippen LogP contribution in [0.4, 0.5) is 0 Å². The zero-order chi connectivity index (χ0) is 14.7. The molecule has 0 radical (unpaired) electrons. The van der Waals surface area contributed by atoms with E-state index in [1.54, 1.807) is 15.9 Å². The molecule has 4 nitrogen and oxygen atoms in total. The summed E-state index contributed by atoms with van der Waals surface area (Å²) in [6, 6.07) is 11.6. The molecule has 3 aromatic rings. The SMILES string of the molecule is NCC#Cc1ccc(Cn2c(=O)cnc3ccccc32)s1. The molecule has 0 fully saturated rings. The minimum Gasteiger partial charge on any atom is -0.320 e. The molecule has 2 N–H and O–H groups in total. The molecule has 1 aromatic carbocycles. The number of nitrogens with zero attached hydrogens (tertiary/aromatic N) is 2. The highest BCUT2D eigenvalue weighted by Crippen LogP contribution is 2.18. The van der Waals surface area contributed by atoms with Crippen LogP contribution in [0.5, 0.6) is 0 Å². The molecule has 2 heterocycles. The number of thiophene rings is 1. The van der Waals surface area contributed by atoms with Crippen LogP contribution in [0.15, 0.2) is 47.4 Å². The molecule has 0 unspecified atom stereocenters. The van der Waals surface area contributed by atoms with Crippen molar-refractivity contribution in [3.05, 3.63) is 62.7 Å². The van der Waals surface area contributed by atoms with Crippen LogP contribution >= 0.6 is 11.3 Å². The summed E-state index contributed by atoms with van der Waals surface area (Å²) >= 11 is 1.58. The predicted molar refractivity (Wildman–Crippen MR) is 85.4 cm³/mol. The Bertz CT molecular complexity index is 899. The summed E-state index contributed by atoms with van der Waals surface area (Å²) in [5.74, 6) is 5.84. The van der Waals surface area contributed by atoms with Crippen LogP contribution in [-0.4, -0.2) is 16.1 Å². The zero-order valence-electron chi connectivity index (χ0n) is 11.2. The van der Waals surface area contributed by atoms with E-state index in [1.165, 1.54) is 6.20 Å². The van der Waals surface area contributed by atoms with Crippen LogP contribution < -0.4 is 11.3 Å². The number of aromatic nitrogens is 2. The molecule has 104 valence electrons. The summed E-state index contributed by atoms with van der Waals surface area (Å²) < 4.78 is 1.73. The molecule has 0 aliphatic carbocycles. The molecule has 0 atom stereocenters. The number of fused-ring (bicyclic) bond motifs is 1. The lowest BCUT2D eigenvalue weighted by Gasteiger charge is -2.07. The largest absolute Gasteiger partial charge is 0.320 e. The second-order valence-corrected chi connectivity index (χ2v) is 5.61. The number of hydrogen-bond donors (Lipinski definition) is 1. The molecule has 2 aromatic heterocycles. The third-order valence-corrected chi connectivity index (χ3v) is 4.03. The molecule has 3 rings (SSSR count). The van der Waals surface area contributed by atoms with Crippen molar-refractivity contribution in [1.82, 2.24) is 9.55 Å². The van der Waals surface area contributed by atoms with Crippen molar-refractivity contribution in [1.29, 1.82) is 0 Å². The highest BCUT2D eigenvalue weighted by Gasteiger charge is 2.06. The van der Waals surface area contributed by atoms with E-state index in [4.69, 9.17) is 5.73 Å². The average Bonchev–Trinajstić information content (AvgIpc) is 2.96. The fourth-order valence-corrected chi connectivity index (χ4v) is 2.97. The van der Waals surface area contributed by atoms with Gasteiger partial charge >= 0.3 is 0 Å². The molecule has 21 heavy (non-hydrogen) atoms. The van der Waals surface area contributed by atoms with Crippen LogP contribution in [0.1, 0.15) is 9.75 Å². The van der Waals surface area contributed by atoms with E-state index in [9.17, 15) is 4.79 Å². The summed E-state index contributed by atoms with van der Waals surface area (Å²) in [4.78, 5) is 18.3. The molecule has 5 heteroatoms. The molecule has 0 saturated heterocycles. The summed E-state index contributed by atoms with van der Waals surface area (Å²) in [6.07, 6.45) is 1.37. The van der Waals surface area contributed by atoms with Gasteiger partial charge in [-0.2, -0.15) is 0 Å². The molecule has 0 saturated carbocycles. The second kappa shape index (κ2) is 5.92. The normalized spacial score (nSPS) is 10.3. The number of hydrogen-bond acceptors (Lipinski definition) is 4. The van der Waals surface area contributed by atoms with Crippen LogP contribution in [-0.2, 0) is 6.54 Å². The number of para-hydroxylation sites is 2. The van der Waals surface area contributed by atoms with Gasteiger partial charge in [0.1, 0.15) is 0 Å². The lowest BCUT2D eigenvalue weighted by molar-refractivity contribution is 0.798. The maximum atomic E-state index is 12.1. The van der Waals surface area contributed by atoms with Gasteiger partial charge in [0.05, 0.1) is 35.2 Å². The third-order valence-electron chi connectivity index (χ3n) is 3.04. The summed E-state index contributed by atoms with van der Waals surface area (Å²) in [6.45, 7) is 0.874. The van der Waals surface area contributed by atoms with Gasteiger partial charge in [0.2, 0.25) is 0 Å². The van der Waals surface area contributed by atoms with Gasteiger partial charge in [-0.25, -0.2) is 4.98 Å². The van der Waals surface area contributed by atoms with Crippen molar-refractivity contribution >= 4 is 22.4 Å². The van der Waals surface area contributed by atoms with Gasteiger partial charge in [0, 0.05) is 4.88 Å². The molecular weight excluding hydrogens is 282 g/mol. The van der Waals surface area contributed by atoms with Crippen molar-refractivity contribution in [2.45, 2.75) is 6.54 Å². The lowest BCUT2D eigenvalue weighted by Crippen LogP contribution is -2.20. The first-order chi connectivity index (χ1) is 10.3. The zero-order valence-corrected chi connectivity index (χ0v) is 12.1. The maximum Gasteiger partial charge on any atom is 0.269 e. The van der Waals surface area contributed by atoms with Gasteiger partial charge in [-0.1, -0.05) is 24.0 Å². The first kappa shape index (κ1) is 13.6. The topological polar surface area (TPSA) is 60.9 Å². The standard InChI is InChI=1S/C16H13N3OS/c17-9-3-4-12-7-8-13(21-12)11-19-15-6-2-1-5-14(15)18-10-16(19)20/h1-2,5-8,10H,9,11,17H2. The molecule has 0 spiro atoms. The molecule has 0 aliphatic heterocycles. The highest BCUT2D eigenvalue weighted by molar-refractivity contribution is 7.12. The van der Waals surface area contributed by atoms with Gasteiger partial charge in [-0.15, -0.1) is 11.3 Å². The van der Waals surface area contributed by atoms with E-state index in [1.807, 2.05) is 36.4 Å². The van der Waals surface area contributed by atoms with Crippen LogP contribution in [0.3, 0.4) is 0 Å². The van der Waals surface area contributed by atoms with E-state index in [0.717, 1.165) is 20.8 Å². The highest BCUT2D eigenvalue weighted by atomic mass is 32.1. The Morgan fingerprint density at radius 2 is 2.10 bits per heavy atom. The van der Waals surface area contributed by atoms with Crippen molar-refractivity contribution < 1.29 is 0 Å². The summed E-state index contributed by atoms with van der Waals surface area (Å²) in [5, 5.41) is 0. The maximum absolute atomic E-state index is 12.1. The fraction of sp³-hybridized carbons (Fsp3) is 0.125. The van der Waals surface area contributed by atoms with E-state index < -0.39 is 0 Å². The molecule has 0 aliphatic rings. The summed E-state index contributed by atoms with van der Waals surface area (Å²) in [5.41, 5.74) is 6.92. The first-order valence-electron chi connectivity index (χ1n) is 6.50. The smallest absolute Gasteiger partial charge is 0.269 e. The lowest BCUT2D eigenvalue weighted by atomic mass is 10.3. The Labute approximate surface area is 125 Å². The van der Waals surface area contributed by atoms with Crippen molar-refractivity contribution in [3.8, 4) is 11.8 Å². The first-order valence-corrected chi connectivity index (χ1v) is 7.32. The van der Waals surface area contributed by atoms with E-state index in [2.05, 4.69) is 16.8 Å². The predicted octanol–water partition coefficient (Wildman–Crippen LogP) is 1.82. The average molecular weight is 295 g/mol. The Morgan fingerprint density at radius 3 is 2.95 bits per heavy atom. The summed E-state index contributed by atoms with van der Waals surface area (Å²) in [7, 11) is 0. The monoisotopic (exact) mass is 295 g/mol. The van der Waals surface area contributed by atoms with Crippen LogP contribution in [0.25, 0.3) is 11.0 Å². The number of rotatable bonds is 2. The van der Waals surface area contributed by atoms with Gasteiger partial charge in [0.25, 0.3) is 5.56 Å². The van der Waals surface area contributed by atoms with Gasteiger partial charge < -0.3 is 10.3 Å². The number of nitrogens with two attached hydrogens (primary N) is 1. The Kier molecular flexibility index (Phi) is 3.82. The molecular formula is C16H13N3OS. The number of benzene rings is 1. The Hall–Kier alpha value is -2.42. The van der Waals surface area contributed by atoms with Gasteiger partial charge in [0.15, 0.2) is 0 Å². The molecule has 0 amide bonds. The van der Waals surface area contributed by atoms with Crippen LogP contribution in [0, 0.1) is 11.8 Å².